The maximum Gasteiger partial charge on any atom is 0.251 e. The van der Waals surface area contributed by atoms with Crippen molar-refractivity contribution >= 4 is 40.2 Å². The molecule has 0 aromatic heterocycles. The van der Waals surface area contributed by atoms with E-state index < -0.39 is 11.4 Å². The van der Waals surface area contributed by atoms with Crippen molar-refractivity contribution in [1.82, 2.24) is 5.32 Å². The average molecular weight is 538 g/mol. The Kier molecular flexibility index (Phi) is 8.90. The van der Waals surface area contributed by atoms with E-state index in [1.54, 1.807) is 66.7 Å². The highest BCUT2D eigenvalue weighted by atomic mass is 35.5. The topological polar surface area (TPSA) is 85.4 Å². The summed E-state index contributed by atoms with van der Waals surface area (Å²) >= 11 is 4.18. The fourth-order valence-corrected chi connectivity index (χ4v) is 4.77. The zero-order chi connectivity index (χ0) is 26.2. The number of anilines is 2. The second-order valence-electron chi connectivity index (χ2n) is 7.99. The summed E-state index contributed by atoms with van der Waals surface area (Å²) in [6.45, 7) is 0.898. The molecule has 0 bridgehead atoms. The summed E-state index contributed by atoms with van der Waals surface area (Å²) in [5, 5.41) is 6.65. The molecule has 0 heterocycles. The number of carbonyl (C=O) groups excluding carboxylic acids is 1. The van der Waals surface area contributed by atoms with Gasteiger partial charge in [0.25, 0.3) is 5.91 Å². The molecule has 1 unspecified atom stereocenters. The number of hydrogen-bond acceptors (Lipinski definition) is 5. The molecular formula is C28H25ClFN3O3S. The molecule has 0 fully saturated rings. The lowest BCUT2D eigenvalue weighted by atomic mass is 10.1. The lowest BCUT2D eigenvalue weighted by molar-refractivity contribution is 0.0955. The Morgan fingerprint density at radius 1 is 0.946 bits per heavy atom. The van der Waals surface area contributed by atoms with Crippen LogP contribution in [-0.2, 0) is 11.4 Å². The molecule has 3 N–H and O–H groups in total. The van der Waals surface area contributed by atoms with Crippen LogP contribution >= 0.6 is 11.6 Å². The number of hydrogen-bond donors (Lipinski definition) is 3. The van der Waals surface area contributed by atoms with Gasteiger partial charge in [-0.25, -0.2) is 9.11 Å². The minimum Gasteiger partial charge on any atom is -0.588 e. The molecule has 1 atom stereocenters. The maximum atomic E-state index is 14.3. The maximum absolute atomic E-state index is 14.3. The Hall–Kier alpha value is -3.72. The van der Waals surface area contributed by atoms with Crippen LogP contribution in [0, 0.1) is 5.82 Å². The van der Waals surface area contributed by atoms with Crippen LogP contribution in [0.5, 0.6) is 5.75 Å². The second kappa shape index (κ2) is 12.5. The van der Waals surface area contributed by atoms with Gasteiger partial charge in [0.1, 0.15) is 17.2 Å². The van der Waals surface area contributed by atoms with E-state index in [0.29, 0.717) is 51.1 Å². The molecule has 4 aromatic carbocycles. The summed E-state index contributed by atoms with van der Waals surface area (Å²) in [5.74, 6) is -0.118. The zero-order valence-corrected chi connectivity index (χ0v) is 21.5. The fraction of sp³-hybridized carbons (Fsp3) is 0.107. The van der Waals surface area contributed by atoms with Crippen LogP contribution < -0.4 is 20.1 Å². The summed E-state index contributed by atoms with van der Waals surface area (Å²) in [5.41, 5.74) is 2.95. The molecule has 0 saturated heterocycles. The van der Waals surface area contributed by atoms with E-state index in [-0.39, 0.29) is 11.7 Å². The van der Waals surface area contributed by atoms with Gasteiger partial charge < -0.3 is 19.9 Å². The Bertz CT molecular complexity index is 1370. The normalized spacial score (nSPS) is 11.5. The number of ether oxygens (including phenoxy) is 1. The lowest BCUT2D eigenvalue weighted by Crippen LogP contribution is -2.28. The lowest BCUT2D eigenvalue weighted by Gasteiger charge is -2.16. The standard InChI is InChI=1S/C28H25ClFN3O3S/c1-36-26-14-11-20(24-7-2-3-8-25(24)30)17-27(26)37(35)33-23-6-4-5-22(18-23)31-15-16-32-28(34)19-9-12-21(29)13-10-19/h2-14,17-18,31,33H,15-16H2,1H3,(H,32,34). The molecule has 0 saturated carbocycles. The summed E-state index contributed by atoms with van der Waals surface area (Å²) in [6, 6.07) is 25.5. The molecule has 0 aliphatic rings. The van der Waals surface area contributed by atoms with Crippen LogP contribution in [0.3, 0.4) is 0 Å². The van der Waals surface area contributed by atoms with Crippen molar-refractivity contribution < 1.29 is 18.5 Å². The quantitative estimate of drug-likeness (QED) is 0.167. The van der Waals surface area contributed by atoms with Crippen molar-refractivity contribution in [2.45, 2.75) is 4.90 Å². The number of nitrogens with one attached hydrogen (secondary N) is 3. The van der Waals surface area contributed by atoms with Crippen LogP contribution in [0.4, 0.5) is 15.8 Å². The third kappa shape index (κ3) is 6.95. The smallest absolute Gasteiger partial charge is 0.251 e. The van der Waals surface area contributed by atoms with Gasteiger partial charge in [0.2, 0.25) is 4.90 Å². The van der Waals surface area contributed by atoms with Crippen LogP contribution in [-0.4, -0.2) is 30.7 Å². The van der Waals surface area contributed by atoms with Gasteiger partial charge in [-0.15, -0.1) is 0 Å². The number of benzene rings is 4. The predicted molar refractivity (Wildman–Crippen MR) is 147 cm³/mol. The molecule has 190 valence electrons. The van der Waals surface area contributed by atoms with Gasteiger partial charge in [0.05, 0.1) is 12.8 Å². The molecule has 1 amide bonds. The largest absolute Gasteiger partial charge is 0.588 e. The Morgan fingerprint density at radius 3 is 2.46 bits per heavy atom. The molecule has 9 heteroatoms. The van der Waals surface area contributed by atoms with Crippen molar-refractivity contribution in [3.63, 3.8) is 0 Å². The first-order valence-corrected chi connectivity index (χ1v) is 13.0. The van der Waals surface area contributed by atoms with Crippen LogP contribution in [0.1, 0.15) is 10.4 Å². The van der Waals surface area contributed by atoms with Crippen molar-refractivity contribution in [1.29, 1.82) is 0 Å². The Labute approximate surface area is 223 Å². The van der Waals surface area contributed by atoms with E-state index in [4.69, 9.17) is 16.3 Å². The second-order valence-corrected chi connectivity index (χ2v) is 9.60. The molecule has 37 heavy (non-hydrogen) atoms. The minimum absolute atomic E-state index is 0.184. The number of methoxy groups -OCH3 is 1. The van der Waals surface area contributed by atoms with Gasteiger partial charge in [-0.1, -0.05) is 41.9 Å². The molecule has 0 aliphatic heterocycles. The third-order valence-electron chi connectivity index (χ3n) is 5.47. The fourth-order valence-electron chi connectivity index (χ4n) is 3.63. The van der Waals surface area contributed by atoms with Crippen molar-refractivity contribution in [2.24, 2.45) is 0 Å². The highest BCUT2D eigenvalue weighted by Gasteiger charge is 2.20. The van der Waals surface area contributed by atoms with Crippen molar-refractivity contribution in [3.05, 3.63) is 107 Å². The zero-order valence-electron chi connectivity index (χ0n) is 20.0. The highest BCUT2D eigenvalue weighted by Crippen LogP contribution is 2.32. The van der Waals surface area contributed by atoms with Crippen LogP contribution in [0.2, 0.25) is 5.02 Å². The first-order chi connectivity index (χ1) is 17.9. The molecule has 6 nitrogen and oxygen atoms in total. The third-order valence-corrected chi connectivity index (χ3v) is 6.86. The van der Waals surface area contributed by atoms with Gasteiger partial charge >= 0.3 is 0 Å². The average Bonchev–Trinajstić information content (AvgIpc) is 2.91. The molecule has 0 spiro atoms. The van der Waals surface area contributed by atoms with E-state index in [1.807, 2.05) is 18.2 Å². The van der Waals surface area contributed by atoms with Crippen LogP contribution in [0.25, 0.3) is 11.1 Å². The number of carbonyl (C=O) groups is 1. The molecule has 0 aliphatic carbocycles. The van der Waals surface area contributed by atoms with Gasteiger partial charge in [-0.3, -0.25) is 4.79 Å². The number of halogens is 2. The monoisotopic (exact) mass is 537 g/mol. The summed E-state index contributed by atoms with van der Waals surface area (Å²) in [7, 11) is 1.50. The Balaban J connectivity index is 1.38. The Morgan fingerprint density at radius 2 is 1.70 bits per heavy atom. The van der Waals surface area contributed by atoms with Gasteiger partial charge in [-0.05, 0) is 60.2 Å². The van der Waals surface area contributed by atoms with E-state index in [2.05, 4.69) is 15.4 Å². The van der Waals surface area contributed by atoms with E-state index in [1.165, 1.54) is 13.2 Å². The molecule has 0 radical (unpaired) electrons. The van der Waals surface area contributed by atoms with Gasteiger partial charge in [0.15, 0.2) is 5.75 Å². The summed E-state index contributed by atoms with van der Waals surface area (Å²) < 4.78 is 35.9. The molecular weight excluding hydrogens is 513 g/mol. The number of rotatable bonds is 10. The van der Waals surface area contributed by atoms with E-state index in [9.17, 15) is 13.7 Å². The SMILES string of the molecule is COc1ccc(-c2ccccc2F)cc1[S+]([O-])Nc1cccc(NCCNC(=O)c2ccc(Cl)cc2)c1. The van der Waals surface area contributed by atoms with Crippen molar-refractivity contribution in [2.75, 3.05) is 30.2 Å². The van der Waals surface area contributed by atoms with Crippen molar-refractivity contribution in [3.8, 4) is 16.9 Å². The molecule has 4 rings (SSSR count). The summed E-state index contributed by atoms with van der Waals surface area (Å²) in [6.07, 6.45) is 0. The first kappa shape index (κ1) is 26.3. The van der Waals surface area contributed by atoms with Gasteiger partial charge in [-0.2, -0.15) is 0 Å². The molecule has 4 aromatic rings. The van der Waals surface area contributed by atoms with Gasteiger partial charge in [0, 0.05) is 41.0 Å². The highest BCUT2D eigenvalue weighted by molar-refractivity contribution is 7.92. The van der Waals surface area contributed by atoms with E-state index in [0.717, 1.165) is 5.69 Å². The summed E-state index contributed by atoms with van der Waals surface area (Å²) in [4.78, 5) is 12.6. The minimum atomic E-state index is -1.67. The van der Waals surface area contributed by atoms with E-state index >= 15 is 0 Å². The van der Waals surface area contributed by atoms with Crippen LogP contribution in [0.15, 0.2) is 95.9 Å². The first-order valence-electron chi connectivity index (χ1n) is 11.4. The predicted octanol–water partition coefficient (Wildman–Crippen LogP) is 6.13. The number of amides is 1.